The van der Waals surface area contributed by atoms with E-state index in [4.69, 9.17) is 10.5 Å². The van der Waals surface area contributed by atoms with Crippen molar-refractivity contribution in [3.8, 4) is 5.75 Å². The Bertz CT molecular complexity index is 446. The van der Waals surface area contributed by atoms with E-state index in [1.165, 1.54) is 0 Å². The first-order valence-corrected chi connectivity index (χ1v) is 7.69. The second kappa shape index (κ2) is 8.67. The van der Waals surface area contributed by atoms with Crippen LogP contribution in [0, 0.1) is 5.92 Å². The van der Waals surface area contributed by atoms with E-state index in [-0.39, 0.29) is 11.9 Å². The number of hydrogen-bond donors (Lipinski definition) is 1. The van der Waals surface area contributed by atoms with Gasteiger partial charge in [-0.3, -0.25) is 4.79 Å². The lowest BCUT2D eigenvalue weighted by Crippen LogP contribution is -2.34. The summed E-state index contributed by atoms with van der Waals surface area (Å²) in [6.45, 7) is 7.58. The summed E-state index contributed by atoms with van der Waals surface area (Å²) in [7, 11) is 1.81. The normalized spacial score (nSPS) is 12.3. The van der Waals surface area contributed by atoms with Crippen LogP contribution in [0.1, 0.15) is 44.0 Å². The SMILES string of the molecule is CCCOc1cccc(C(=O)N(C)CCC(N)C(C)C)c1. The lowest BCUT2D eigenvalue weighted by Gasteiger charge is -2.21. The van der Waals surface area contributed by atoms with Crippen molar-refractivity contribution in [1.29, 1.82) is 0 Å². The molecule has 4 heteroatoms. The first-order valence-electron chi connectivity index (χ1n) is 7.69. The van der Waals surface area contributed by atoms with Gasteiger partial charge in [0.1, 0.15) is 5.75 Å². The maximum Gasteiger partial charge on any atom is 0.253 e. The van der Waals surface area contributed by atoms with E-state index < -0.39 is 0 Å². The second-order valence-electron chi connectivity index (χ2n) is 5.80. The van der Waals surface area contributed by atoms with E-state index in [0.717, 1.165) is 18.6 Å². The second-order valence-corrected chi connectivity index (χ2v) is 5.80. The highest BCUT2D eigenvalue weighted by Gasteiger charge is 2.15. The quantitative estimate of drug-likeness (QED) is 0.801. The highest BCUT2D eigenvalue weighted by molar-refractivity contribution is 5.94. The Kier molecular flexibility index (Phi) is 7.23. The van der Waals surface area contributed by atoms with Crippen LogP contribution in [0.4, 0.5) is 0 Å². The Balaban J connectivity index is 2.61. The molecule has 0 aromatic heterocycles. The smallest absolute Gasteiger partial charge is 0.253 e. The number of carbonyl (C=O) groups excluding carboxylic acids is 1. The van der Waals surface area contributed by atoms with Gasteiger partial charge in [0.25, 0.3) is 5.91 Å². The van der Waals surface area contributed by atoms with Gasteiger partial charge in [-0.1, -0.05) is 26.8 Å². The Hall–Kier alpha value is -1.55. The van der Waals surface area contributed by atoms with Crippen molar-refractivity contribution < 1.29 is 9.53 Å². The third-order valence-electron chi connectivity index (χ3n) is 3.55. The van der Waals surface area contributed by atoms with Gasteiger partial charge < -0.3 is 15.4 Å². The summed E-state index contributed by atoms with van der Waals surface area (Å²) in [4.78, 5) is 14.1. The van der Waals surface area contributed by atoms with Crippen LogP contribution < -0.4 is 10.5 Å². The number of benzene rings is 1. The molecule has 1 atom stereocenters. The lowest BCUT2D eigenvalue weighted by molar-refractivity contribution is 0.0788. The summed E-state index contributed by atoms with van der Waals surface area (Å²) in [5, 5.41) is 0. The molecular weight excluding hydrogens is 264 g/mol. The lowest BCUT2D eigenvalue weighted by atomic mass is 10.0. The van der Waals surface area contributed by atoms with Gasteiger partial charge in [0.2, 0.25) is 0 Å². The van der Waals surface area contributed by atoms with Gasteiger partial charge in [-0.25, -0.2) is 0 Å². The van der Waals surface area contributed by atoms with E-state index in [1.807, 2.05) is 25.2 Å². The minimum Gasteiger partial charge on any atom is -0.494 e. The maximum atomic E-state index is 12.4. The van der Waals surface area contributed by atoms with Crippen molar-refractivity contribution in [1.82, 2.24) is 4.90 Å². The minimum atomic E-state index is 0.00732. The Morgan fingerprint density at radius 2 is 2.10 bits per heavy atom. The molecule has 1 rings (SSSR count). The number of nitrogens with zero attached hydrogens (tertiary/aromatic N) is 1. The molecule has 4 nitrogen and oxygen atoms in total. The van der Waals surface area contributed by atoms with E-state index in [9.17, 15) is 4.79 Å². The topological polar surface area (TPSA) is 55.6 Å². The van der Waals surface area contributed by atoms with Crippen LogP contribution in [0.3, 0.4) is 0 Å². The van der Waals surface area contributed by atoms with Gasteiger partial charge in [0.15, 0.2) is 0 Å². The van der Waals surface area contributed by atoms with Crippen molar-refractivity contribution in [3.63, 3.8) is 0 Å². The fourth-order valence-corrected chi connectivity index (χ4v) is 1.94. The number of ether oxygens (including phenoxy) is 1. The van der Waals surface area contributed by atoms with Crippen LogP contribution in [-0.2, 0) is 0 Å². The van der Waals surface area contributed by atoms with Gasteiger partial charge in [0.05, 0.1) is 6.61 Å². The third-order valence-corrected chi connectivity index (χ3v) is 3.55. The Morgan fingerprint density at radius 3 is 2.71 bits per heavy atom. The van der Waals surface area contributed by atoms with E-state index in [1.54, 1.807) is 11.0 Å². The molecule has 1 unspecified atom stereocenters. The average Bonchev–Trinajstić information content (AvgIpc) is 2.49. The van der Waals surface area contributed by atoms with Gasteiger partial charge in [-0.05, 0) is 37.0 Å². The van der Waals surface area contributed by atoms with Crippen molar-refractivity contribution in [2.75, 3.05) is 20.2 Å². The van der Waals surface area contributed by atoms with Crippen LogP contribution in [0.2, 0.25) is 0 Å². The Labute approximate surface area is 128 Å². The zero-order chi connectivity index (χ0) is 15.8. The molecule has 1 aromatic rings. The van der Waals surface area contributed by atoms with Crippen molar-refractivity contribution in [2.45, 2.75) is 39.7 Å². The first kappa shape index (κ1) is 17.5. The number of amides is 1. The zero-order valence-electron chi connectivity index (χ0n) is 13.6. The number of hydrogen-bond acceptors (Lipinski definition) is 3. The largest absolute Gasteiger partial charge is 0.494 e. The van der Waals surface area contributed by atoms with Crippen LogP contribution in [0.5, 0.6) is 5.75 Å². The Morgan fingerprint density at radius 1 is 1.38 bits per heavy atom. The van der Waals surface area contributed by atoms with Gasteiger partial charge >= 0.3 is 0 Å². The summed E-state index contributed by atoms with van der Waals surface area (Å²) >= 11 is 0. The van der Waals surface area contributed by atoms with Gasteiger partial charge in [0, 0.05) is 25.2 Å². The molecule has 0 saturated carbocycles. The molecule has 21 heavy (non-hydrogen) atoms. The molecule has 0 bridgehead atoms. The molecule has 2 N–H and O–H groups in total. The monoisotopic (exact) mass is 292 g/mol. The summed E-state index contributed by atoms with van der Waals surface area (Å²) in [6.07, 6.45) is 1.76. The highest BCUT2D eigenvalue weighted by Crippen LogP contribution is 2.15. The standard InChI is InChI=1S/C17H28N2O2/c1-5-11-21-15-8-6-7-14(12-15)17(20)19(4)10-9-16(18)13(2)3/h6-8,12-13,16H,5,9-11,18H2,1-4H3. The van der Waals surface area contributed by atoms with E-state index in [2.05, 4.69) is 20.8 Å². The van der Waals surface area contributed by atoms with Crippen molar-refractivity contribution in [2.24, 2.45) is 11.7 Å². The van der Waals surface area contributed by atoms with Crippen LogP contribution in [-0.4, -0.2) is 37.0 Å². The molecule has 0 aliphatic carbocycles. The molecule has 0 aliphatic heterocycles. The molecular formula is C17H28N2O2. The number of carbonyl (C=O) groups is 1. The molecule has 0 heterocycles. The van der Waals surface area contributed by atoms with E-state index in [0.29, 0.717) is 24.6 Å². The summed E-state index contributed by atoms with van der Waals surface area (Å²) in [6, 6.07) is 7.48. The van der Waals surface area contributed by atoms with Crippen molar-refractivity contribution in [3.05, 3.63) is 29.8 Å². The number of nitrogens with two attached hydrogens (primary N) is 1. The highest BCUT2D eigenvalue weighted by atomic mass is 16.5. The maximum absolute atomic E-state index is 12.4. The van der Waals surface area contributed by atoms with E-state index >= 15 is 0 Å². The fourth-order valence-electron chi connectivity index (χ4n) is 1.94. The third kappa shape index (κ3) is 5.76. The molecule has 118 valence electrons. The molecule has 0 saturated heterocycles. The molecule has 0 fully saturated rings. The molecule has 0 aliphatic rings. The number of rotatable bonds is 8. The van der Waals surface area contributed by atoms with Crippen molar-refractivity contribution >= 4 is 5.91 Å². The predicted octanol–water partition coefficient (Wildman–Crippen LogP) is 2.92. The van der Waals surface area contributed by atoms with Gasteiger partial charge in [-0.2, -0.15) is 0 Å². The van der Waals surface area contributed by atoms with Crippen LogP contribution >= 0.6 is 0 Å². The molecule has 1 aromatic carbocycles. The fraction of sp³-hybridized carbons (Fsp3) is 0.588. The zero-order valence-corrected chi connectivity index (χ0v) is 13.6. The summed E-state index contributed by atoms with van der Waals surface area (Å²) in [5.41, 5.74) is 6.68. The van der Waals surface area contributed by atoms with Crippen LogP contribution in [0.25, 0.3) is 0 Å². The van der Waals surface area contributed by atoms with Gasteiger partial charge in [-0.15, -0.1) is 0 Å². The summed E-state index contributed by atoms with van der Waals surface area (Å²) in [5.74, 6) is 1.18. The summed E-state index contributed by atoms with van der Waals surface area (Å²) < 4.78 is 5.56. The minimum absolute atomic E-state index is 0.00732. The molecule has 1 amide bonds. The average molecular weight is 292 g/mol. The van der Waals surface area contributed by atoms with Crippen LogP contribution in [0.15, 0.2) is 24.3 Å². The first-order chi connectivity index (χ1) is 9.95. The molecule has 0 radical (unpaired) electrons. The predicted molar refractivity (Wildman–Crippen MR) is 86.6 cm³/mol. The molecule has 0 spiro atoms.